The number of ether oxygens (including phenoxy) is 1. The van der Waals surface area contributed by atoms with Gasteiger partial charge in [0.15, 0.2) is 0 Å². The number of hydrogen-bond donors (Lipinski definition) is 2. The Labute approximate surface area is 142 Å². The molecule has 0 saturated carbocycles. The molecule has 0 aliphatic carbocycles. The number of amides is 1. The second-order valence-electron chi connectivity index (χ2n) is 5.82. The molecule has 2 N–H and O–H groups in total. The van der Waals surface area contributed by atoms with E-state index in [2.05, 4.69) is 20.5 Å². The van der Waals surface area contributed by atoms with Gasteiger partial charge in [0, 0.05) is 19.3 Å². The maximum Gasteiger partial charge on any atom is 0.257 e. The lowest BCUT2D eigenvalue weighted by molar-refractivity contribution is 0.102. The van der Waals surface area contributed by atoms with Gasteiger partial charge in [0.05, 0.1) is 18.4 Å². The van der Waals surface area contributed by atoms with Gasteiger partial charge in [0.2, 0.25) is 0 Å². The Morgan fingerprint density at radius 2 is 2.04 bits per heavy atom. The molecular formula is C18H24N4O2. The summed E-state index contributed by atoms with van der Waals surface area (Å²) in [5.41, 5.74) is 2.19. The average molecular weight is 328 g/mol. The number of rotatable bonds is 7. The van der Waals surface area contributed by atoms with Gasteiger partial charge < -0.3 is 20.3 Å². The minimum Gasteiger partial charge on any atom is -0.495 e. The first-order chi connectivity index (χ1) is 11.5. The molecule has 1 heterocycles. The fourth-order valence-corrected chi connectivity index (χ4v) is 2.15. The first-order valence-electron chi connectivity index (χ1n) is 7.80. The van der Waals surface area contributed by atoms with Crippen LogP contribution in [0.2, 0.25) is 0 Å². The zero-order chi connectivity index (χ0) is 17.5. The third kappa shape index (κ3) is 4.96. The zero-order valence-electron chi connectivity index (χ0n) is 14.6. The number of likely N-dealkylation sites (N-methyl/N-ethyl adjacent to an activating group) is 1. The van der Waals surface area contributed by atoms with Crippen LogP contribution in [0.15, 0.2) is 36.5 Å². The highest BCUT2D eigenvalue weighted by atomic mass is 16.5. The highest BCUT2D eigenvalue weighted by Crippen LogP contribution is 2.25. The molecule has 24 heavy (non-hydrogen) atoms. The Hall–Kier alpha value is -2.60. The lowest BCUT2D eigenvalue weighted by Crippen LogP contribution is -2.21. The number of methoxy groups -OCH3 is 1. The first kappa shape index (κ1) is 17.7. The topological polar surface area (TPSA) is 66.5 Å². The fourth-order valence-electron chi connectivity index (χ4n) is 2.15. The molecule has 0 spiro atoms. The van der Waals surface area contributed by atoms with E-state index < -0.39 is 0 Å². The minimum absolute atomic E-state index is 0.216. The molecule has 1 aromatic heterocycles. The van der Waals surface area contributed by atoms with Crippen molar-refractivity contribution in [2.45, 2.75) is 6.92 Å². The molecule has 0 saturated heterocycles. The Morgan fingerprint density at radius 3 is 2.67 bits per heavy atom. The van der Waals surface area contributed by atoms with Crippen molar-refractivity contribution in [3.8, 4) is 5.75 Å². The normalized spacial score (nSPS) is 10.5. The van der Waals surface area contributed by atoms with Crippen molar-refractivity contribution in [3.63, 3.8) is 0 Å². The number of nitrogens with one attached hydrogen (secondary N) is 2. The van der Waals surface area contributed by atoms with Crippen molar-refractivity contribution >= 4 is 17.4 Å². The summed E-state index contributed by atoms with van der Waals surface area (Å²) in [4.78, 5) is 18.7. The van der Waals surface area contributed by atoms with Crippen LogP contribution in [0.25, 0.3) is 0 Å². The van der Waals surface area contributed by atoms with Crippen LogP contribution in [-0.4, -0.2) is 50.1 Å². The summed E-state index contributed by atoms with van der Waals surface area (Å²) < 4.78 is 5.28. The van der Waals surface area contributed by atoms with Gasteiger partial charge in [0.1, 0.15) is 11.6 Å². The SMILES string of the molecule is COc1ccc(C)cc1NC(=O)c1ccc(NCCN(C)C)nc1. The molecule has 0 fully saturated rings. The van der Waals surface area contributed by atoms with Gasteiger partial charge in [0.25, 0.3) is 5.91 Å². The smallest absolute Gasteiger partial charge is 0.257 e. The van der Waals surface area contributed by atoms with E-state index in [0.29, 0.717) is 17.0 Å². The molecule has 6 nitrogen and oxygen atoms in total. The Kier molecular flexibility index (Phi) is 6.14. The van der Waals surface area contributed by atoms with Crippen molar-refractivity contribution in [1.29, 1.82) is 0 Å². The molecule has 2 aromatic rings. The standard InChI is InChI=1S/C18H24N4O2/c1-13-5-7-16(24-4)15(11-13)21-18(23)14-6-8-17(20-12-14)19-9-10-22(2)3/h5-8,11-12H,9-10H2,1-4H3,(H,19,20)(H,21,23). The van der Waals surface area contributed by atoms with E-state index in [1.165, 1.54) is 0 Å². The van der Waals surface area contributed by atoms with E-state index in [4.69, 9.17) is 4.74 Å². The molecule has 1 amide bonds. The van der Waals surface area contributed by atoms with E-state index in [0.717, 1.165) is 24.5 Å². The number of hydrogen-bond acceptors (Lipinski definition) is 5. The van der Waals surface area contributed by atoms with Crippen LogP contribution in [0.1, 0.15) is 15.9 Å². The van der Waals surface area contributed by atoms with Gasteiger partial charge in [-0.2, -0.15) is 0 Å². The molecule has 0 radical (unpaired) electrons. The van der Waals surface area contributed by atoms with Gasteiger partial charge >= 0.3 is 0 Å². The van der Waals surface area contributed by atoms with Crippen molar-refractivity contribution in [3.05, 3.63) is 47.7 Å². The highest BCUT2D eigenvalue weighted by Gasteiger charge is 2.10. The van der Waals surface area contributed by atoms with Gasteiger partial charge in [-0.15, -0.1) is 0 Å². The number of nitrogens with zero attached hydrogens (tertiary/aromatic N) is 2. The van der Waals surface area contributed by atoms with Crippen molar-refractivity contribution in [2.24, 2.45) is 0 Å². The third-order valence-corrected chi connectivity index (χ3v) is 3.49. The molecule has 1 aromatic carbocycles. The van der Waals surface area contributed by atoms with E-state index in [9.17, 15) is 4.79 Å². The van der Waals surface area contributed by atoms with Gasteiger partial charge in [-0.05, 0) is 50.8 Å². The number of aromatic nitrogens is 1. The number of carbonyl (C=O) groups is 1. The second kappa shape index (κ2) is 8.31. The number of benzene rings is 1. The minimum atomic E-state index is -0.216. The van der Waals surface area contributed by atoms with Gasteiger partial charge in [-0.1, -0.05) is 6.07 Å². The molecule has 128 valence electrons. The summed E-state index contributed by atoms with van der Waals surface area (Å²) in [6, 6.07) is 9.20. The number of aryl methyl sites for hydroxylation is 1. The van der Waals surface area contributed by atoms with E-state index in [-0.39, 0.29) is 5.91 Å². The lowest BCUT2D eigenvalue weighted by atomic mass is 10.2. The molecular weight excluding hydrogens is 304 g/mol. The van der Waals surface area contributed by atoms with Crippen LogP contribution < -0.4 is 15.4 Å². The van der Waals surface area contributed by atoms with Crippen LogP contribution in [0, 0.1) is 6.92 Å². The van der Waals surface area contributed by atoms with Crippen molar-refractivity contribution in [1.82, 2.24) is 9.88 Å². The van der Waals surface area contributed by atoms with Gasteiger partial charge in [-0.25, -0.2) is 4.98 Å². The fraction of sp³-hybridized carbons (Fsp3) is 0.333. The van der Waals surface area contributed by atoms with E-state index >= 15 is 0 Å². The number of anilines is 2. The summed E-state index contributed by atoms with van der Waals surface area (Å²) in [7, 11) is 5.61. The summed E-state index contributed by atoms with van der Waals surface area (Å²) in [5, 5.41) is 6.08. The second-order valence-corrected chi connectivity index (χ2v) is 5.82. The predicted octanol–water partition coefficient (Wildman–Crippen LogP) is 2.62. The summed E-state index contributed by atoms with van der Waals surface area (Å²) in [6.07, 6.45) is 1.57. The highest BCUT2D eigenvalue weighted by molar-refractivity contribution is 6.05. The van der Waals surface area contributed by atoms with Gasteiger partial charge in [-0.3, -0.25) is 4.79 Å². The van der Waals surface area contributed by atoms with Crippen LogP contribution in [0.4, 0.5) is 11.5 Å². The molecule has 0 atom stereocenters. The largest absolute Gasteiger partial charge is 0.495 e. The Balaban J connectivity index is 2.01. The molecule has 6 heteroatoms. The zero-order valence-corrected chi connectivity index (χ0v) is 14.6. The number of carbonyl (C=O) groups excluding carboxylic acids is 1. The summed E-state index contributed by atoms with van der Waals surface area (Å²) in [5.74, 6) is 1.16. The average Bonchev–Trinajstić information content (AvgIpc) is 2.55. The molecule has 2 rings (SSSR count). The van der Waals surface area contributed by atoms with Crippen molar-refractivity contribution in [2.75, 3.05) is 44.9 Å². The van der Waals surface area contributed by atoms with Crippen LogP contribution in [-0.2, 0) is 0 Å². The van der Waals surface area contributed by atoms with Crippen LogP contribution in [0.3, 0.4) is 0 Å². The summed E-state index contributed by atoms with van der Waals surface area (Å²) in [6.45, 7) is 3.67. The van der Waals surface area contributed by atoms with Crippen LogP contribution >= 0.6 is 0 Å². The van der Waals surface area contributed by atoms with E-state index in [1.54, 1.807) is 25.4 Å². The van der Waals surface area contributed by atoms with Crippen molar-refractivity contribution < 1.29 is 9.53 Å². The predicted molar refractivity (Wildman–Crippen MR) is 97.0 cm³/mol. The third-order valence-electron chi connectivity index (χ3n) is 3.49. The Morgan fingerprint density at radius 1 is 1.25 bits per heavy atom. The Bertz CT molecular complexity index is 684. The lowest BCUT2D eigenvalue weighted by Gasteiger charge is -2.12. The molecule has 0 aliphatic rings. The van der Waals surface area contributed by atoms with E-state index in [1.807, 2.05) is 39.2 Å². The summed E-state index contributed by atoms with van der Waals surface area (Å²) >= 11 is 0. The number of pyridine rings is 1. The maximum atomic E-state index is 12.4. The maximum absolute atomic E-state index is 12.4. The monoisotopic (exact) mass is 328 g/mol. The molecule has 0 unspecified atom stereocenters. The quantitative estimate of drug-likeness (QED) is 0.818. The molecule has 0 aliphatic heterocycles. The van der Waals surface area contributed by atoms with Crippen LogP contribution in [0.5, 0.6) is 5.75 Å². The first-order valence-corrected chi connectivity index (χ1v) is 7.80. The molecule has 0 bridgehead atoms.